The molecule has 0 unspecified atom stereocenters. The number of benzene rings is 1. The summed E-state index contributed by atoms with van der Waals surface area (Å²) < 4.78 is 19.9. The summed E-state index contributed by atoms with van der Waals surface area (Å²) in [4.78, 5) is 0. The molecule has 0 radical (unpaired) electrons. The largest absolute Gasteiger partial charge is 0.490 e. The Labute approximate surface area is 116 Å². The third-order valence-corrected chi connectivity index (χ3v) is 4.43. The van der Waals surface area contributed by atoms with E-state index in [1.54, 1.807) is 12.1 Å². The van der Waals surface area contributed by atoms with Gasteiger partial charge in [-0.3, -0.25) is 0 Å². The van der Waals surface area contributed by atoms with Crippen molar-refractivity contribution in [1.29, 1.82) is 0 Å². The maximum atomic E-state index is 13.5. The quantitative estimate of drug-likeness (QED) is 0.747. The molecule has 0 saturated carbocycles. The van der Waals surface area contributed by atoms with E-state index in [2.05, 4.69) is 42.4 Å². The van der Waals surface area contributed by atoms with Crippen molar-refractivity contribution in [2.24, 2.45) is 5.41 Å². The molecule has 1 rings (SSSR count). The van der Waals surface area contributed by atoms with Crippen molar-refractivity contribution in [3.63, 3.8) is 0 Å². The van der Waals surface area contributed by atoms with E-state index in [1.165, 1.54) is 6.07 Å². The zero-order valence-electron chi connectivity index (χ0n) is 10.2. The Kier molecular flexibility index (Phi) is 5.80. The molecule has 4 heteroatoms. The number of halogens is 2. The minimum Gasteiger partial charge on any atom is -0.490 e. The summed E-state index contributed by atoms with van der Waals surface area (Å²) in [5.41, 5.74) is 0.0257. The summed E-state index contributed by atoms with van der Waals surface area (Å²) in [7, 11) is 0. The van der Waals surface area contributed by atoms with Gasteiger partial charge in [0.25, 0.3) is 0 Å². The van der Waals surface area contributed by atoms with Crippen molar-refractivity contribution in [2.45, 2.75) is 26.7 Å². The standard InChI is InChI=1S/C13H18BrFOS/c1-3-13(4-2,9-17)8-16-12-7-10(14)5-6-11(12)15/h5-7,17H,3-4,8-9H2,1-2H3. The number of hydrogen-bond acceptors (Lipinski definition) is 2. The highest BCUT2D eigenvalue weighted by Crippen LogP contribution is 2.30. The molecule has 0 aliphatic rings. The maximum absolute atomic E-state index is 13.5. The molecule has 0 bridgehead atoms. The van der Waals surface area contributed by atoms with Crippen molar-refractivity contribution >= 4 is 28.6 Å². The summed E-state index contributed by atoms with van der Waals surface area (Å²) in [6.07, 6.45) is 1.95. The van der Waals surface area contributed by atoms with Gasteiger partial charge in [-0.1, -0.05) is 29.8 Å². The molecule has 0 fully saturated rings. The predicted molar refractivity (Wildman–Crippen MR) is 76.5 cm³/mol. The van der Waals surface area contributed by atoms with E-state index in [9.17, 15) is 4.39 Å². The van der Waals surface area contributed by atoms with Crippen LogP contribution in [0.5, 0.6) is 5.75 Å². The minimum absolute atomic E-state index is 0.0257. The molecule has 0 amide bonds. The zero-order valence-corrected chi connectivity index (χ0v) is 12.7. The highest BCUT2D eigenvalue weighted by atomic mass is 79.9. The molecule has 0 aromatic heterocycles. The molecule has 0 atom stereocenters. The maximum Gasteiger partial charge on any atom is 0.165 e. The second-order valence-corrected chi connectivity index (χ2v) is 5.46. The van der Waals surface area contributed by atoms with Crippen molar-refractivity contribution in [3.05, 3.63) is 28.5 Å². The van der Waals surface area contributed by atoms with Crippen LogP contribution in [0, 0.1) is 11.2 Å². The normalized spacial score (nSPS) is 11.6. The van der Waals surface area contributed by atoms with Gasteiger partial charge in [0.05, 0.1) is 6.61 Å². The van der Waals surface area contributed by atoms with E-state index < -0.39 is 0 Å². The van der Waals surface area contributed by atoms with E-state index in [0.29, 0.717) is 12.4 Å². The van der Waals surface area contributed by atoms with Crippen LogP contribution in [-0.4, -0.2) is 12.4 Å². The second kappa shape index (κ2) is 6.64. The van der Waals surface area contributed by atoms with Gasteiger partial charge in [0.1, 0.15) is 0 Å². The Balaban J connectivity index is 2.75. The van der Waals surface area contributed by atoms with Gasteiger partial charge in [0, 0.05) is 9.89 Å². The zero-order chi connectivity index (χ0) is 12.9. The molecule has 0 heterocycles. The van der Waals surface area contributed by atoms with Crippen molar-refractivity contribution in [3.8, 4) is 5.75 Å². The molecule has 17 heavy (non-hydrogen) atoms. The fourth-order valence-corrected chi connectivity index (χ4v) is 2.42. The van der Waals surface area contributed by atoms with E-state index >= 15 is 0 Å². The Hall–Kier alpha value is -0.220. The van der Waals surface area contributed by atoms with Gasteiger partial charge in [0.2, 0.25) is 0 Å². The lowest BCUT2D eigenvalue weighted by atomic mass is 9.85. The first-order valence-corrected chi connectivity index (χ1v) is 7.18. The van der Waals surface area contributed by atoms with Crippen LogP contribution in [0.15, 0.2) is 22.7 Å². The van der Waals surface area contributed by atoms with E-state index in [-0.39, 0.29) is 11.2 Å². The monoisotopic (exact) mass is 320 g/mol. The Bertz CT molecular complexity index is 358. The van der Waals surface area contributed by atoms with Crippen LogP contribution in [0.25, 0.3) is 0 Å². The number of ether oxygens (including phenoxy) is 1. The molecular weight excluding hydrogens is 303 g/mol. The third kappa shape index (κ3) is 3.88. The SMILES string of the molecule is CCC(CC)(CS)COc1cc(Br)ccc1F. The van der Waals surface area contributed by atoms with E-state index in [0.717, 1.165) is 23.1 Å². The fraction of sp³-hybridized carbons (Fsp3) is 0.538. The number of hydrogen-bond donors (Lipinski definition) is 1. The number of thiol groups is 1. The average molecular weight is 321 g/mol. The van der Waals surface area contributed by atoms with Gasteiger partial charge in [-0.05, 0) is 36.8 Å². The predicted octanol–water partition coefficient (Wildman–Crippen LogP) is 4.70. The van der Waals surface area contributed by atoms with Crippen LogP contribution >= 0.6 is 28.6 Å². The molecule has 0 spiro atoms. The Morgan fingerprint density at radius 3 is 2.53 bits per heavy atom. The molecule has 0 N–H and O–H groups in total. The van der Waals surface area contributed by atoms with Gasteiger partial charge in [0.15, 0.2) is 11.6 Å². The first kappa shape index (κ1) is 14.8. The molecular formula is C13H18BrFOS. The van der Waals surface area contributed by atoms with Crippen LogP contribution in [0.4, 0.5) is 4.39 Å². The van der Waals surface area contributed by atoms with Crippen molar-refractivity contribution in [2.75, 3.05) is 12.4 Å². The summed E-state index contributed by atoms with van der Waals surface area (Å²) in [5, 5.41) is 0. The Morgan fingerprint density at radius 1 is 1.35 bits per heavy atom. The smallest absolute Gasteiger partial charge is 0.165 e. The molecule has 1 nitrogen and oxygen atoms in total. The average Bonchev–Trinajstić information content (AvgIpc) is 2.35. The summed E-state index contributed by atoms with van der Waals surface area (Å²) in [6, 6.07) is 4.72. The Morgan fingerprint density at radius 2 is 2.00 bits per heavy atom. The van der Waals surface area contributed by atoms with E-state index in [4.69, 9.17) is 4.74 Å². The lowest BCUT2D eigenvalue weighted by molar-refractivity contribution is 0.152. The molecule has 0 saturated heterocycles. The summed E-state index contributed by atoms with van der Waals surface area (Å²) >= 11 is 7.68. The molecule has 0 aliphatic carbocycles. The topological polar surface area (TPSA) is 9.23 Å². The van der Waals surface area contributed by atoms with Crippen LogP contribution in [-0.2, 0) is 0 Å². The fourth-order valence-electron chi connectivity index (χ4n) is 1.54. The molecule has 1 aromatic rings. The minimum atomic E-state index is -0.325. The first-order valence-electron chi connectivity index (χ1n) is 5.75. The van der Waals surface area contributed by atoms with Crippen LogP contribution in [0.1, 0.15) is 26.7 Å². The lowest BCUT2D eigenvalue weighted by Gasteiger charge is -2.29. The second-order valence-electron chi connectivity index (χ2n) is 4.23. The molecule has 1 aromatic carbocycles. The van der Waals surface area contributed by atoms with Crippen molar-refractivity contribution in [1.82, 2.24) is 0 Å². The third-order valence-electron chi connectivity index (χ3n) is 3.26. The highest BCUT2D eigenvalue weighted by molar-refractivity contribution is 9.10. The van der Waals surface area contributed by atoms with Gasteiger partial charge in [-0.25, -0.2) is 4.39 Å². The molecule has 96 valence electrons. The van der Waals surface area contributed by atoms with Crippen molar-refractivity contribution < 1.29 is 9.13 Å². The summed E-state index contributed by atoms with van der Waals surface area (Å²) in [6.45, 7) is 4.72. The van der Waals surface area contributed by atoms with E-state index in [1.807, 2.05) is 0 Å². The number of rotatable bonds is 6. The first-order chi connectivity index (χ1) is 8.06. The van der Waals surface area contributed by atoms with Gasteiger partial charge in [-0.2, -0.15) is 12.6 Å². The van der Waals surface area contributed by atoms with Crippen LogP contribution < -0.4 is 4.74 Å². The molecule has 0 aliphatic heterocycles. The summed E-state index contributed by atoms with van der Waals surface area (Å²) in [5.74, 6) is 0.719. The van der Waals surface area contributed by atoms with Crippen LogP contribution in [0.2, 0.25) is 0 Å². The van der Waals surface area contributed by atoms with Crippen LogP contribution in [0.3, 0.4) is 0 Å². The van der Waals surface area contributed by atoms with Gasteiger partial charge < -0.3 is 4.74 Å². The van der Waals surface area contributed by atoms with Gasteiger partial charge >= 0.3 is 0 Å². The highest BCUT2D eigenvalue weighted by Gasteiger charge is 2.25. The van der Waals surface area contributed by atoms with Gasteiger partial charge in [-0.15, -0.1) is 0 Å². The lowest BCUT2D eigenvalue weighted by Crippen LogP contribution is -2.29.